The number of carbonyl (C=O) groups is 2. The highest BCUT2D eigenvalue weighted by Crippen LogP contribution is 2.14. The molecule has 0 aliphatic rings. The molecule has 0 radical (unpaired) electrons. The molecule has 0 aliphatic carbocycles. The zero-order valence-electron chi connectivity index (χ0n) is 14.7. The van der Waals surface area contributed by atoms with E-state index in [1.165, 1.54) is 6.08 Å². The number of hydrogen-bond donors (Lipinski definition) is 0. The Morgan fingerprint density at radius 1 is 1.12 bits per heavy atom. The number of esters is 1. The first-order valence-electron chi connectivity index (χ1n) is 8.19. The number of hydrogen-bond acceptors (Lipinski definition) is 4. The van der Waals surface area contributed by atoms with Gasteiger partial charge in [0.2, 0.25) is 5.78 Å². The van der Waals surface area contributed by atoms with Gasteiger partial charge in [0.05, 0.1) is 7.11 Å². The highest BCUT2D eigenvalue weighted by atomic mass is 16.5. The van der Waals surface area contributed by atoms with Gasteiger partial charge in [-0.25, -0.2) is 4.79 Å². The topological polar surface area (TPSA) is 52.6 Å². The Kier molecular flexibility index (Phi) is 6.52. The van der Waals surface area contributed by atoms with Gasteiger partial charge < -0.3 is 9.47 Å². The van der Waals surface area contributed by atoms with Gasteiger partial charge in [-0.1, -0.05) is 43.3 Å². The summed E-state index contributed by atoms with van der Waals surface area (Å²) < 4.78 is 10.3. The summed E-state index contributed by atoms with van der Waals surface area (Å²) >= 11 is 0. The van der Waals surface area contributed by atoms with Gasteiger partial charge in [0.1, 0.15) is 5.75 Å². The minimum absolute atomic E-state index is 0.217. The van der Waals surface area contributed by atoms with E-state index in [1.54, 1.807) is 38.3 Å². The van der Waals surface area contributed by atoms with Crippen molar-refractivity contribution in [1.82, 2.24) is 0 Å². The smallest absolute Gasteiger partial charge is 0.331 e. The standard InChI is InChI=1S/C21H22O4/c1-4-16-8-11-18(12-9-16)21(23)15(2)25-20(22)13-10-17-6-5-7-19(14-17)24-3/h5-15H,4H2,1-3H3/b13-10+/t15-/m1/s1. The third kappa shape index (κ3) is 5.31. The zero-order valence-corrected chi connectivity index (χ0v) is 14.7. The first-order valence-corrected chi connectivity index (χ1v) is 8.19. The number of rotatable bonds is 7. The number of ketones is 1. The molecule has 0 amide bonds. The zero-order chi connectivity index (χ0) is 18.2. The van der Waals surface area contributed by atoms with Crippen molar-refractivity contribution in [2.75, 3.05) is 7.11 Å². The second kappa shape index (κ2) is 8.83. The quantitative estimate of drug-likeness (QED) is 0.433. The largest absolute Gasteiger partial charge is 0.497 e. The Balaban J connectivity index is 1.96. The molecular formula is C21H22O4. The Morgan fingerprint density at radius 3 is 2.48 bits per heavy atom. The number of Topliss-reactive ketones (excluding diaryl/α,β-unsaturated/α-hetero) is 1. The Labute approximate surface area is 148 Å². The molecule has 4 heteroatoms. The van der Waals surface area contributed by atoms with Crippen LogP contribution >= 0.6 is 0 Å². The lowest BCUT2D eigenvalue weighted by Crippen LogP contribution is -2.23. The van der Waals surface area contributed by atoms with E-state index in [0.717, 1.165) is 17.5 Å². The van der Waals surface area contributed by atoms with Crippen molar-refractivity contribution in [2.45, 2.75) is 26.4 Å². The van der Waals surface area contributed by atoms with E-state index in [0.29, 0.717) is 11.3 Å². The molecular weight excluding hydrogens is 316 g/mol. The molecule has 25 heavy (non-hydrogen) atoms. The lowest BCUT2D eigenvalue weighted by Gasteiger charge is -2.11. The van der Waals surface area contributed by atoms with Crippen molar-refractivity contribution in [1.29, 1.82) is 0 Å². The highest BCUT2D eigenvalue weighted by Gasteiger charge is 2.18. The van der Waals surface area contributed by atoms with Crippen LogP contribution in [0.15, 0.2) is 54.6 Å². The van der Waals surface area contributed by atoms with Crippen LogP contribution in [0, 0.1) is 0 Å². The maximum absolute atomic E-state index is 12.3. The summed E-state index contributed by atoms with van der Waals surface area (Å²) in [5.74, 6) is -0.0748. The summed E-state index contributed by atoms with van der Waals surface area (Å²) in [5.41, 5.74) is 2.50. The predicted octanol–water partition coefficient (Wildman–Crippen LogP) is 4.09. The molecule has 0 saturated heterocycles. The van der Waals surface area contributed by atoms with E-state index < -0.39 is 12.1 Å². The summed E-state index contributed by atoms with van der Waals surface area (Å²) in [4.78, 5) is 24.2. The summed E-state index contributed by atoms with van der Waals surface area (Å²) in [5, 5.41) is 0. The van der Waals surface area contributed by atoms with Crippen LogP contribution < -0.4 is 4.74 Å². The summed E-state index contributed by atoms with van der Waals surface area (Å²) in [6.07, 6.45) is 3.00. The van der Waals surface area contributed by atoms with Crippen LogP contribution in [0.25, 0.3) is 6.08 Å². The van der Waals surface area contributed by atoms with E-state index in [2.05, 4.69) is 6.92 Å². The average molecular weight is 338 g/mol. The van der Waals surface area contributed by atoms with Gasteiger partial charge >= 0.3 is 5.97 Å². The minimum atomic E-state index is -0.838. The van der Waals surface area contributed by atoms with Crippen molar-refractivity contribution in [3.63, 3.8) is 0 Å². The van der Waals surface area contributed by atoms with Crippen molar-refractivity contribution in [3.05, 3.63) is 71.3 Å². The Morgan fingerprint density at radius 2 is 1.84 bits per heavy atom. The van der Waals surface area contributed by atoms with Gasteiger partial charge in [0.25, 0.3) is 0 Å². The molecule has 2 aromatic carbocycles. The van der Waals surface area contributed by atoms with Gasteiger partial charge in [0.15, 0.2) is 6.10 Å². The molecule has 0 heterocycles. The van der Waals surface area contributed by atoms with Crippen molar-refractivity contribution < 1.29 is 19.1 Å². The molecule has 4 nitrogen and oxygen atoms in total. The molecule has 2 aromatic rings. The fourth-order valence-electron chi connectivity index (χ4n) is 2.32. The predicted molar refractivity (Wildman–Crippen MR) is 97.7 cm³/mol. The number of ether oxygens (including phenoxy) is 2. The van der Waals surface area contributed by atoms with Crippen LogP contribution in [0.1, 0.15) is 35.3 Å². The average Bonchev–Trinajstić information content (AvgIpc) is 2.66. The fraction of sp³-hybridized carbons (Fsp3) is 0.238. The maximum atomic E-state index is 12.3. The van der Waals surface area contributed by atoms with Crippen LogP contribution in [0.5, 0.6) is 5.75 Å². The Hall–Kier alpha value is -2.88. The van der Waals surface area contributed by atoms with E-state index in [-0.39, 0.29) is 5.78 Å². The molecule has 0 unspecified atom stereocenters. The van der Waals surface area contributed by atoms with Crippen LogP contribution in [0.2, 0.25) is 0 Å². The van der Waals surface area contributed by atoms with Crippen LogP contribution in [-0.2, 0) is 16.0 Å². The third-order valence-electron chi connectivity index (χ3n) is 3.81. The molecule has 0 N–H and O–H groups in total. The molecule has 0 aliphatic heterocycles. The molecule has 0 saturated carbocycles. The van der Waals surface area contributed by atoms with E-state index in [4.69, 9.17) is 9.47 Å². The molecule has 0 fully saturated rings. The van der Waals surface area contributed by atoms with Gasteiger partial charge in [-0.15, -0.1) is 0 Å². The number of methoxy groups -OCH3 is 1. The van der Waals surface area contributed by atoms with E-state index in [1.807, 2.05) is 30.3 Å². The Bertz CT molecular complexity index is 760. The summed E-state index contributed by atoms with van der Waals surface area (Å²) in [6.45, 7) is 3.63. The van der Waals surface area contributed by atoms with Crippen molar-refractivity contribution >= 4 is 17.8 Å². The first kappa shape index (κ1) is 18.5. The molecule has 1 atom stereocenters. The third-order valence-corrected chi connectivity index (χ3v) is 3.81. The van der Waals surface area contributed by atoms with E-state index in [9.17, 15) is 9.59 Å². The second-order valence-electron chi connectivity index (χ2n) is 5.60. The normalized spacial score (nSPS) is 12.0. The second-order valence-corrected chi connectivity index (χ2v) is 5.60. The van der Waals surface area contributed by atoms with Crippen LogP contribution in [0.3, 0.4) is 0 Å². The maximum Gasteiger partial charge on any atom is 0.331 e. The number of benzene rings is 2. The number of carbonyl (C=O) groups excluding carboxylic acids is 2. The van der Waals surface area contributed by atoms with Gasteiger partial charge in [-0.05, 0) is 42.7 Å². The first-order chi connectivity index (χ1) is 12.0. The molecule has 0 aromatic heterocycles. The van der Waals surface area contributed by atoms with Gasteiger partial charge in [-0.2, -0.15) is 0 Å². The monoisotopic (exact) mass is 338 g/mol. The minimum Gasteiger partial charge on any atom is -0.497 e. The lowest BCUT2D eigenvalue weighted by molar-refractivity contribution is -0.140. The number of aryl methyl sites for hydroxylation is 1. The SMILES string of the molecule is CCc1ccc(C(=O)[C@@H](C)OC(=O)/C=C/c2cccc(OC)c2)cc1. The highest BCUT2D eigenvalue weighted by molar-refractivity contribution is 6.01. The molecule has 0 spiro atoms. The van der Waals surface area contributed by atoms with Gasteiger partial charge in [0, 0.05) is 11.6 Å². The van der Waals surface area contributed by atoms with Gasteiger partial charge in [-0.3, -0.25) is 4.79 Å². The lowest BCUT2D eigenvalue weighted by atomic mass is 10.0. The summed E-state index contributed by atoms with van der Waals surface area (Å²) in [6, 6.07) is 14.6. The van der Waals surface area contributed by atoms with E-state index >= 15 is 0 Å². The van der Waals surface area contributed by atoms with Crippen LogP contribution in [-0.4, -0.2) is 25.0 Å². The fourth-order valence-corrected chi connectivity index (χ4v) is 2.32. The van der Waals surface area contributed by atoms with Crippen molar-refractivity contribution in [2.24, 2.45) is 0 Å². The summed E-state index contributed by atoms with van der Waals surface area (Å²) in [7, 11) is 1.58. The molecule has 130 valence electrons. The van der Waals surface area contributed by atoms with Crippen LogP contribution in [0.4, 0.5) is 0 Å². The molecule has 0 bridgehead atoms. The van der Waals surface area contributed by atoms with Crippen molar-refractivity contribution in [3.8, 4) is 5.75 Å². The molecule has 2 rings (SSSR count).